The molecule has 0 spiro atoms. The fourth-order valence-corrected chi connectivity index (χ4v) is 5.52. The van der Waals surface area contributed by atoms with Crippen LogP contribution in [-0.2, 0) is 11.2 Å². The number of nitrogens with one attached hydrogen (secondary N) is 1. The molecule has 40 heavy (non-hydrogen) atoms. The third-order valence-corrected chi connectivity index (χ3v) is 7.73. The third-order valence-electron chi connectivity index (χ3n) is 6.52. The molecule has 0 saturated carbocycles. The Morgan fingerprint density at radius 3 is 2.40 bits per heavy atom. The molecule has 0 aliphatic rings. The summed E-state index contributed by atoms with van der Waals surface area (Å²) in [5.74, 6) is -0.474. The number of carbonyl (C=O) groups is 1. The number of rotatable bonds is 8. The van der Waals surface area contributed by atoms with Gasteiger partial charge in [0, 0.05) is 6.07 Å². The summed E-state index contributed by atoms with van der Waals surface area (Å²) in [5.41, 5.74) is 3.29. The molecule has 1 heterocycles. The van der Waals surface area contributed by atoms with Crippen LogP contribution in [0.3, 0.4) is 0 Å². The van der Waals surface area contributed by atoms with Gasteiger partial charge in [-0.25, -0.2) is 4.98 Å². The number of aryl methyl sites for hydroxylation is 2. The predicted molar refractivity (Wildman–Crippen MR) is 158 cm³/mol. The van der Waals surface area contributed by atoms with Crippen LogP contribution < -0.4 is 10.9 Å². The maximum Gasteiger partial charge on any atom is 0.293 e. The van der Waals surface area contributed by atoms with Gasteiger partial charge in [0.05, 0.1) is 21.5 Å². The summed E-state index contributed by atoms with van der Waals surface area (Å²) in [6, 6.07) is 28.5. The van der Waals surface area contributed by atoms with E-state index in [0.29, 0.717) is 32.9 Å². The first-order valence-corrected chi connectivity index (χ1v) is 13.6. The Labute approximate surface area is 234 Å². The second-order valence-electron chi connectivity index (χ2n) is 9.25. The molecule has 0 aliphatic heterocycles. The summed E-state index contributed by atoms with van der Waals surface area (Å²) in [4.78, 5) is 43.5. The Hall–Kier alpha value is -4.76. The number of aromatic nitrogens is 2. The van der Waals surface area contributed by atoms with Crippen LogP contribution >= 0.6 is 11.8 Å². The lowest BCUT2D eigenvalue weighted by Gasteiger charge is -2.20. The van der Waals surface area contributed by atoms with Gasteiger partial charge in [0.25, 0.3) is 11.2 Å². The number of anilines is 1. The van der Waals surface area contributed by atoms with Gasteiger partial charge in [0.15, 0.2) is 5.16 Å². The molecule has 1 amide bonds. The van der Waals surface area contributed by atoms with Gasteiger partial charge in [-0.3, -0.25) is 24.3 Å². The Kier molecular flexibility index (Phi) is 7.75. The molecule has 4 aromatic carbocycles. The van der Waals surface area contributed by atoms with Crippen molar-refractivity contribution in [3.05, 3.63) is 134 Å². The highest BCUT2D eigenvalue weighted by atomic mass is 32.2. The third kappa shape index (κ3) is 5.50. The first-order valence-electron chi connectivity index (χ1n) is 12.7. The second kappa shape index (κ2) is 11.5. The summed E-state index contributed by atoms with van der Waals surface area (Å²) in [5, 5.41) is 14.4. The minimum Gasteiger partial charge on any atom is -0.319 e. The number of hydrogen-bond acceptors (Lipinski definition) is 6. The van der Waals surface area contributed by atoms with Crippen LogP contribution in [0, 0.1) is 17.0 Å². The minimum atomic E-state index is -0.865. The zero-order valence-corrected chi connectivity index (χ0v) is 22.7. The molecule has 200 valence electrons. The van der Waals surface area contributed by atoms with Crippen LogP contribution in [0.25, 0.3) is 16.6 Å². The van der Waals surface area contributed by atoms with Gasteiger partial charge in [-0.15, -0.1) is 0 Å². The minimum absolute atomic E-state index is 0.0983. The largest absolute Gasteiger partial charge is 0.319 e. The number of nitrogens with zero attached hydrogens (tertiary/aromatic N) is 3. The van der Waals surface area contributed by atoms with E-state index in [1.54, 1.807) is 43.3 Å². The Morgan fingerprint density at radius 1 is 1.00 bits per heavy atom. The molecular weight excluding hydrogens is 524 g/mol. The molecule has 0 radical (unpaired) electrons. The van der Waals surface area contributed by atoms with Crippen molar-refractivity contribution in [1.29, 1.82) is 0 Å². The van der Waals surface area contributed by atoms with E-state index in [4.69, 9.17) is 4.98 Å². The molecule has 0 aliphatic carbocycles. The van der Waals surface area contributed by atoms with Crippen molar-refractivity contribution in [3.63, 3.8) is 0 Å². The SMILES string of the molecule is CCc1ccc(-n2c(SC(C(=O)Nc3ccc(C)cc3[N+](=O)[O-])c3ccccc3)nc3ccccc3c2=O)cc1. The number of amides is 1. The molecule has 0 fully saturated rings. The zero-order valence-electron chi connectivity index (χ0n) is 21.9. The quantitative estimate of drug-likeness (QED) is 0.100. The number of fused-ring (bicyclic) bond motifs is 1. The molecule has 1 aromatic heterocycles. The molecule has 5 aromatic rings. The number of carbonyl (C=O) groups excluding carboxylic acids is 1. The highest BCUT2D eigenvalue weighted by molar-refractivity contribution is 8.00. The Bertz CT molecular complexity index is 1770. The number of nitro benzene ring substituents is 1. The molecule has 0 bridgehead atoms. The van der Waals surface area contributed by atoms with Crippen LogP contribution in [0.5, 0.6) is 0 Å². The van der Waals surface area contributed by atoms with Gasteiger partial charge in [0.1, 0.15) is 10.9 Å². The van der Waals surface area contributed by atoms with Gasteiger partial charge in [-0.2, -0.15) is 0 Å². The number of nitro groups is 1. The van der Waals surface area contributed by atoms with Gasteiger partial charge < -0.3 is 5.32 Å². The molecular formula is C31H26N4O4S. The van der Waals surface area contributed by atoms with E-state index in [9.17, 15) is 19.7 Å². The molecule has 5 rings (SSSR count). The number of benzene rings is 4. The monoisotopic (exact) mass is 550 g/mol. The van der Waals surface area contributed by atoms with Gasteiger partial charge >= 0.3 is 0 Å². The van der Waals surface area contributed by atoms with E-state index in [2.05, 4.69) is 12.2 Å². The lowest BCUT2D eigenvalue weighted by molar-refractivity contribution is -0.384. The van der Waals surface area contributed by atoms with Crippen LogP contribution in [0.2, 0.25) is 0 Å². The maximum atomic E-state index is 13.8. The van der Waals surface area contributed by atoms with Crippen LogP contribution in [-0.4, -0.2) is 20.4 Å². The molecule has 1 N–H and O–H groups in total. The Balaban J connectivity index is 1.63. The molecule has 1 unspecified atom stereocenters. The van der Waals surface area contributed by atoms with Gasteiger partial charge in [-0.1, -0.05) is 79.3 Å². The second-order valence-corrected chi connectivity index (χ2v) is 10.3. The van der Waals surface area contributed by atoms with Crippen LogP contribution in [0.1, 0.15) is 28.9 Å². The fourth-order valence-electron chi connectivity index (χ4n) is 4.40. The van der Waals surface area contributed by atoms with Crippen molar-refractivity contribution < 1.29 is 9.72 Å². The van der Waals surface area contributed by atoms with Crippen molar-refractivity contribution >= 4 is 39.9 Å². The average Bonchev–Trinajstić information content (AvgIpc) is 2.97. The summed E-state index contributed by atoms with van der Waals surface area (Å²) < 4.78 is 1.52. The van der Waals surface area contributed by atoms with E-state index in [1.165, 1.54) is 16.7 Å². The lowest BCUT2D eigenvalue weighted by Crippen LogP contribution is -2.24. The predicted octanol–water partition coefficient (Wildman–Crippen LogP) is 6.64. The van der Waals surface area contributed by atoms with Gasteiger partial charge in [-0.05, 0) is 60.4 Å². The number of hydrogen-bond donors (Lipinski definition) is 1. The Morgan fingerprint density at radius 2 is 1.70 bits per heavy atom. The van der Waals surface area contributed by atoms with Gasteiger partial charge in [0.2, 0.25) is 5.91 Å². The zero-order chi connectivity index (χ0) is 28.2. The topological polar surface area (TPSA) is 107 Å². The first kappa shape index (κ1) is 26.8. The summed E-state index contributed by atoms with van der Waals surface area (Å²) in [6.45, 7) is 3.81. The molecule has 8 nitrogen and oxygen atoms in total. The van der Waals surface area contributed by atoms with Crippen molar-refractivity contribution in [2.24, 2.45) is 0 Å². The van der Waals surface area contributed by atoms with Crippen LogP contribution in [0.4, 0.5) is 11.4 Å². The normalized spacial score (nSPS) is 11.8. The van der Waals surface area contributed by atoms with E-state index < -0.39 is 16.1 Å². The lowest BCUT2D eigenvalue weighted by atomic mass is 10.1. The first-order chi connectivity index (χ1) is 19.4. The smallest absolute Gasteiger partial charge is 0.293 e. The number of para-hydroxylation sites is 1. The molecule has 1 atom stereocenters. The average molecular weight is 551 g/mol. The van der Waals surface area contributed by atoms with Crippen molar-refractivity contribution in [2.45, 2.75) is 30.7 Å². The van der Waals surface area contributed by atoms with E-state index >= 15 is 0 Å². The van der Waals surface area contributed by atoms with Crippen molar-refractivity contribution in [2.75, 3.05) is 5.32 Å². The maximum absolute atomic E-state index is 13.8. The summed E-state index contributed by atoms with van der Waals surface area (Å²) in [6.07, 6.45) is 0.855. The van der Waals surface area contributed by atoms with E-state index in [0.717, 1.165) is 23.7 Å². The summed E-state index contributed by atoms with van der Waals surface area (Å²) >= 11 is 1.12. The van der Waals surface area contributed by atoms with Crippen molar-refractivity contribution in [1.82, 2.24) is 9.55 Å². The standard InChI is InChI=1S/C31H26N4O4S/c1-3-21-14-16-23(17-15-21)34-30(37)24-11-7-8-12-25(24)33-31(34)40-28(22-9-5-4-6-10-22)29(36)32-26-18-13-20(2)19-27(26)35(38)39/h4-19,28H,3H2,1-2H3,(H,32,36). The summed E-state index contributed by atoms with van der Waals surface area (Å²) in [7, 11) is 0. The number of thioether (sulfide) groups is 1. The van der Waals surface area contributed by atoms with Crippen molar-refractivity contribution in [3.8, 4) is 5.69 Å². The molecule has 0 saturated heterocycles. The van der Waals surface area contributed by atoms with E-state index in [1.807, 2.05) is 48.5 Å². The fraction of sp³-hybridized carbons (Fsp3) is 0.129. The highest BCUT2D eigenvalue weighted by Gasteiger charge is 2.27. The highest BCUT2D eigenvalue weighted by Crippen LogP contribution is 2.37. The molecule has 9 heteroatoms. The van der Waals surface area contributed by atoms with E-state index in [-0.39, 0.29) is 16.9 Å². The van der Waals surface area contributed by atoms with Crippen LogP contribution in [0.15, 0.2) is 107 Å².